The average molecular weight is 622 g/mol. The molecule has 1 aliphatic carbocycles. The van der Waals surface area contributed by atoms with Gasteiger partial charge in [-0.05, 0) is 63.5 Å². The van der Waals surface area contributed by atoms with E-state index < -0.39 is 48.1 Å². The van der Waals surface area contributed by atoms with Gasteiger partial charge in [0.2, 0.25) is 17.7 Å². The van der Waals surface area contributed by atoms with Crippen molar-refractivity contribution in [1.82, 2.24) is 20.9 Å². The molecule has 0 unspecified atom stereocenters. The quantitative estimate of drug-likeness (QED) is 0.229. The Morgan fingerprint density at radius 2 is 1.64 bits per heavy atom. The number of aliphatic hydroxyl groups excluding tert-OH is 1. The number of alkyl carbamates (subject to hydrolysis) is 1. The van der Waals surface area contributed by atoms with E-state index in [1.807, 2.05) is 69.3 Å². The van der Waals surface area contributed by atoms with Gasteiger partial charge in [0.25, 0.3) is 0 Å². The number of nitrogens with zero attached hydrogens (tertiary/aromatic N) is 1. The van der Waals surface area contributed by atoms with Crippen LogP contribution in [0.2, 0.25) is 0 Å². The van der Waals surface area contributed by atoms with Crippen molar-refractivity contribution in [3.63, 3.8) is 0 Å². The van der Waals surface area contributed by atoms with E-state index in [1.165, 1.54) is 6.42 Å². The maximum absolute atomic E-state index is 13.8. The lowest BCUT2D eigenvalue weighted by Gasteiger charge is -2.40. The molecule has 0 aromatic heterocycles. The van der Waals surface area contributed by atoms with Crippen molar-refractivity contribution in [3.8, 4) is 0 Å². The van der Waals surface area contributed by atoms with Crippen molar-refractivity contribution in [3.05, 3.63) is 71.8 Å². The van der Waals surface area contributed by atoms with Gasteiger partial charge < -0.3 is 36.4 Å². The molecule has 6 N–H and O–H groups in total. The summed E-state index contributed by atoms with van der Waals surface area (Å²) < 4.78 is 5.25. The smallest absolute Gasteiger partial charge is 0.408 e. The Labute approximate surface area is 265 Å². The molecule has 1 heterocycles. The second-order valence-corrected chi connectivity index (χ2v) is 13.2. The summed E-state index contributed by atoms with van der Waals surface area (Å²) in [4.78, 5) is 53.5. The van der Waals surface area contributed by atoms with Gasteiger partial charge in [-0.25, -0.2) is 4.79 Å². The standard InChI is InChI=1S/C34H47N5O6/c1-34(2,3)39(32(43)28-18-24-15-10-16-25(24)36-28)20-29(40)26(17-22-11-6-4-7-12-22)37-31(42)27(19-30(35)41)38-33(44)45-21-23-13-8-5-9-14-23/h4-9,11-14,24-29,36,40H,10,15-21H2,1-3H3,(H2,35,41)(H,37,42)(H,38,44)/t24-,25-,26-,27-,28-,29+/m0/s1. The highest BCUT2D eigenvalue weighted by molar-refractivity contribution is 5.90. The molecule has 11 heteroatoms. The summed E-state index contributed by atoms with van der Waals surface area (Å²) in [5, 5.41) is 20.4. The Balaban J connectivity index is 1.48. The highest BCUT2D eigenvalue weighted by Crippen LogP contribution is 2.35. The Bertz CT molecular complexity index is 1290. The van der Waals surface area contributed by atoms with E-state index in [9.17, 15) is 24.3 Å². The fourth-order valence-corrected chi connectivity index (χ4v) is 6.29. The number of β-amino-alcohol motifs (C(OH)–C–C–N with tert-alkyl or cyclic N) is 1. The Morgan fingerprint density at radius 1 is 1.00 bits per heavy atom. The molecule has 11 nitrogen and oxygen atoms in total. The number of hydrogen-bond donors (Lipinski definition) is 5. The molecule has 1 saturated heterocycles. The molecule has 0 bridgehead atoms. The van der Waals surface area contributed by atoms with E-state index in [-0.39, 0.29) is 31.5 Å². The van der Waals surface area contributed by atoms with Crippen molar-refractivity contribution in [2.24, 2.45) is 11.7 Å². The van der Waals surface area contributed by atoms with Crippen LogP contribution in [-0.4, -0.2) is 76.2 Å². The third kappa shape index (κ3) is 9.76. The predicted molar refractivity (Wildman–Crippen MR) is 170 cm³/mol. The number of ether oxygens (including phenoxy) is 1. The summed E-state index contributed by atoms with van der Waals surface area (Å²) in [6, 6.07) is 16.2. The minimum absolute atomic E-state index is 0.0268. The monoisotopic (exact) mass is 621 g/mol. The molecular weight excluding hydrogens is 574 g/mol. The van der Waals surface area contributed by atoms with Gasteiger partial charge >= 0.3 is 6.09 Å². The molecule has 4 amide bonds. The largest absolute Gasteiger partial charge is 0.445 e. The first-order valence-corrected chi connectivity index (χ1v) is 15.8. The van der Waals surface area contributed by atoms with Crippen LogP contribution < -0.4 is 21.7 Å². The van der Waals surface area contributed by atoms with Crippen LogP contribution in [0.3, 0.4) is 0 Å². The van der Waals surface area contributed by atoms with E-state index in [1.54, 1.807) is 17.0 Å². The lowest BCUT2D eigenvalue weighted by molar-refractivity contribution is -0.140. The molecule has 2 fully saturated rings. The third-order valence-corrected chi connectivity index (χ3v) is 8.67. The molecule has 45 heavy (non-hydrogen) atoms. The molecule has 244 valence electrons. The number of rotatable bonds is 13. The maximum atomic E-state index is 13.8. The summed E-state index contributed by atoms with van der Waals surface area (Å²) >= 11 is 0. The maximum Gasteiger partial charge on any atom is 0.408 e. The van der Waals surface area contributed by atoms with Gasteiger partial charge in [-0.2, -0.15) is 0 Å². The molecule has 0 radical (unpaired) electrons. The van der Waals surface area contributed by atoms with Crippen LogP contribution in [0.25, 0.3) is 0 Å². The Kier molecular flexibility index (Phi) is 11.6. The molecule has 2 aromatic carbocycles. The Morgan fingerprint density at radius 3 is 2.24 bits per heavy atom. The van der Waals surface area contributed by atoms with Crippen LogP contribution in [0.1, 0.15) is 64.0 Å². The highest BCUT2D eigenvalue weighted by atomic mass is 16.5. The first-order valence-electron chi connectivity index (χ1n) is 15.8. The summed E-state index contributed by atoms with van der Waals surface area (Å²) in [6.07, 6.45) is 1.84. The number of amides is 4. The number of carbonyl (C=O) groups is 4. The zero-order valence-electron chi connectivity index (χ0n) is 26.4. The van der Waals surface area contributed by atoms with Crippen LogP contribution in [0.5, 0.6) is 0 Å². The number of nitrogens with two attached hydrogens (primary N) is 1. The Hall–Kier alpha value is -3.96. The number of hydrogen-bond acceptors (Lipinski definition) is 7. The zero-order chi connectivity index (χ0) is 32.6. The van der Waals surface area contributed by atoms with Crippen LogP contribution in [0, 0.1) is 5.92 Å². The molecular formula is C34H47N5O6. The topological polar surface area (TPSA) is 163 Å². The third-order valence-electron chi connectivity index (χ3n) is 8.67. The van der Waals surface area contributed by atoms with Gasteiger partial charge in [0.1, 0.15) is 12.6 Å². The van der Waals surface area contributed by atoms with Crippen molar-refractivity contribution in [2.75, 3.05) is 6.54 Å². The SMILES string of the molecule is CC(C)(C)N(C[C@@H](O)[C@H](Cc1ccccc1)NC(=O)[C@H](CC(N)=O)NC(=O)OCc1ccccc1)C(=O)[C@@H]1C[C@@H]2CCC[C@@H]2N1. The van der Waals surface area contributed by atoms with Crippen LogP contribution in [0.15, 0.2) is 60.7 Å². The minimum Gasteiger partial charge on any atom is -0.445 e. The molecule has 0 spiro atoms. The second kappa shape index (κ2) is 15.4. The van der Waals surface area contributed by atoms with Gasteiger partial charge in [-0.15, -0.1) is 0 Å². The predicted octanol–water partition coefficient (Wildman–Crippen LogP) is 2.40. The van der Waals surface area contributed by atoms with Crippen molar-refractivity contribution in [2.45, 2.75) is 102 Å². The fraction of sp³-hybridized carbons (Fsp3) is 0.529. The normalized spacial score (nSPS) is 21.2. The first-order chi connectivity index (χ1) is 21.4. The molecule has 6 atom stereocenters. The van der Waals surface area contributed by atoms with Crippen molar-refractivity contribution >= 4 is 23.8 Å². The zero-order valence-corrected chi connectivity index (χ0v) is 26.4. The van der Waals surface area contributed by atoms with Gasteiger partial charge in [0.05, 0.1) is 24.6 Å². The molecule has 1 saturated carbocycles. The number of aliphatic hydroxyl groups is 1. The number of benzene rings is 2. The first kappa shape index (κ1) is 33.9. The lowest BCUT2D eigenvalue weighted by Crippen LogP contribution is -2.59. The van der Waals surface area contributed by atoms with Crippen LogP contribution in [0.4, 0.5) is 4.79 Å². The average Bonchev–Trinajstić information content (AvgIpc) is 3.61. The number of nitrogens with one attached hydrogen (secondary N) is 3. The fourth-order valence-electron chi connectivity index (χ4n) is 6.29. The highest BCUT2D eigenvalue weighted by Gasteiger charge is 2.43. The second-order valence-electron chi connectivity index (χ2n) is 13.2. The minimum atomic E-state index is -1.33. The van der Waals surface area contributed by atoms with Crippen molar-refractivity contribution in [1.29, 1.82) is 0 Å². The molecule has 2 aromatic rings. The lowest BCUT2D eigenvalue weighted by atomic mass is 9.96. The van der Waals surface area contributed by atoms with E-state index in [0.29, 0.717) is 12.0 Å². The number of primary amides is 1. The molecule has 4 rings (SSSR count). The number of fused-ring (bicyclic) bond motifs is 1. The van der Waals surface area contributed by atoms with E-state index in [2.05, 4.69) is 16.0 Å². The summed E-state index contributed by atoms with van der Waals surface area (Å²) in [5.74, 6) is -1.08. The number of carbonyl (C=O) groups excluding carboxylic acids is 4. The molecule has 2 aliphatic rings. The van der Waals surface area contributed by atoms with Gasteiger partial charge in [-0.3, -0.25) is 14.4 Å². The van der Waals surface area contributed by atoms with Crippen molar-refractivity contribution < 1.29 is 29.0 Å². The van der Waals surface area contributed by atoms with E-state index >= 15 is 0 Å². The van der Waals surface area contributed by atoms with Crippen LogP contribution >= 0.6 is 0 Å². The summed E-state index contributed by atoms with van der Waals surface area (Å²) in [6.45, 7) is 5.71. The van der Waals surface area contributed by atoms with Gasteiger partial charge in [0, 0.05) is 18.1 Å². The summed E-state index contributed by atoms with van der Waals surface area (Å²) in [5.41, 5.74) is 6.42. The summed E-state index contributed by atoms with van der Waals surface area (Å²) in [7, 11) is 0. The van der Waals surface area contributed by atoms with Gasteiger partial charge in [-0.1, -0.05) is 67.1 Å². The van der Waals surface area contributed by atoms with E-state index in [4.69, 9.17) is 10.5 Å². The van der Waals surface area contributed by atoms with E-state index in [0.717, 1.165) is 30.4 Å². The molecule has 1 aliphatic heterocycles. The van der Waals surface area contributed by atoms with Crippen LogP contribution in [-0.2, 0) is 32.1 Å². The van der Waals surface area contributed by atoms with Gasteiger partial charge in [0.15, 0.2) is 0 Å².